The van der Waals surface area contributed by atoms with Gasteiger partial charge >= 0.3 is 0 Å². The minimum Gasteiger partial charge on any atom is -0.393 e. The van der Waals surface area contributed by atoms with Gasteiger partial charge in [0.2, 0.25) is 0 Å². The van der Waals surface area contributed by atoms with E-state index in [-0.39, 0.29) is 18.6 Å². The van der Waals surface area contributed by atoms with Crippen LogP contribution in [0.25, 0.3) is 0 Å². The van der Waals surface area contributed by atoms with Gasteiger partial charge in [0.25, 0.3) is 0 Å². The predicted octanol–water partition coefficient (Wildman–Crippen LogP) is -0.539. The molecule has 52 valence electrons. The molecule has 0 bridgehead atoms. The fourth-order valence-corrected chi connectivity index (χ4v) is 1.09. The molecular weight excluding hydrogens is 120 g/mol. The van der Waals surface area contributed by atoms with Crippen LogP contribution < -0.4 is 0 Å². The van der Waals surface area contributed by atoms with Crippen LogP contribution in [0.2, 0.25) is 0 Å². The van der Waals surface area contributed by atoms with Gasteiger partial charge in [-0.25, -0.2) is 0 Å². The maximum atomic E-state index is 10.6. The topological polar surface area (TPSA) is 57.5 Å². The fourth-order valence-electron chi connectivity index (χ4n) is 1.09. The first kappa shape index (κ1) is 6.71. The van der Waals surface area contributed by atoms with Crippen LogP contribution in [0.3, 0.4) is 0 Å². The van der Waals surface area contributed by atoms with Crippen LogP contribution >= 0.6 is 0 Å². The Kier molecular flexibility index (Phi) is 1.83. The van der Waals surface area contributed by atoms with Crippen LogP contribution in [0.15, 0.2) is 0 Å². The van der Waals surface area contributed by atoms with E-state index < -0.39 is 12.2 Å². The maximum Gasteiger partial charge on any atom is 0.138 e. The first-order valence-corrected chi connectivity index (χ1v) is 3.06. The number of hydrogen-bond acceptors (Lipinski definition) is 3. The number of carbonyl (C=O) groups excluding carboxylic acids is 1. The Morgan fingerprint density at radius 2 is 1.67 bits per heavy atom. The molecule has 1 aliphatic rings. The summed E-state index contributed by atoms with van der Waals surface area (Å²) in [6.07, 6.45) is -0.428. The zero-order valence-corrected chi connectivity index (χ0v) is 5.08. The third-order valence-electron chi connectivity index (χ3n) is 1.47. The van der Waals surface area contributed by atoms with Gasteiger partial charge in [-0.2, -0.15) is 0 Å². The molecule has 2 N–H and O–H groups in total. The van der Waals surface area contributed by atoms with Gasteiger partial charge in [0.1, 0.15) is 5.78 Å². The van der Waals surface area contributed by atoms with Gasteiger partial charge in [-0.05, 0) is 0 Å². The predicted molar refractivity (Wildman–Crippen MR) is 30.9 cm³/mol. The van der Waals surface area contributed by atoms with E-state index in [4.69, 9.17) is 10.2 Å². The molecule has 0 radical (unpaired) electrons. The van der Waals surface area contributed by atoms with Crippen LogP contribution in [-0.4, -0.2) is 28.2 Å². The Balaban J connectivity index is 2.43. The van der Waals surface area contributed by atoms with Crippen molar-refractivity contribution in [2.24, 2.45) is 0 Å². The SMILES string of the molecule is O=C1C[C@@H](O)C[C@@H](O)C1. The molecule has 3 nitrogen and oxygen atoms in total. The zero-order chi connectivity index (χ0) is 6.85. The summed E-state index contributed by atoms with van der Waals surface area (Å²) >= 11 is 0. The standard InChI is InChI=1S/C6H10O3/c7-4-1-5(8)3-6(9)2-4/h4-5,7-8H,1-3H2/t4-,5+. The lowest BCUT2D eigenvalue weighted by molar-refractivity contribution is -0.126. The number of rotatable bonds is 0. The number of Topliss-reactive ketones (excluding diaryl/α,β-unsaturated/α-hetero) is 1. The van der Waals surface area contributed by atoms with E-state index in [2.05, 4.69) is 0 Å². The average molecular weight is 130 g/mol. The van der Waals surface area contributed by atoms with Crippen molar-refractivity contribution in [1.29, 1.82) is 0 Å². The Morgan fingerprint density at radius 3 is 2.00 bits per heavy atom. The van der Waals surface area contributed by atoms with Crippen LogP contribution in [0.1, 0.15) is 19.3 Å². The quantitative estimate of drug-likeness (QED) is 0.463. The lowest BCUT2D eigenvalue weighted by Crippen LogP contribution is -2.29. The highest BCUT2D eigenvalue weighted by atomic mass is 16.3. The van der Waals surface area contributed by atoms with Gasteiger partial charge in [-0.15, -0.1) is 0 Å². The third kappa shape index (κ3) is 1.77. The van der Waals surface area contributed by atoms with Gasteiger partial charge in [-0.3, -0.25) is 4.79 Å². The van der Waals surface area contributed by atoms with Crippen molar-refractivity contribution in [2.75, 3.05) is 0 Å². The van der Waals surface area contributed by atoms with Crippen LogP contribution in [0.4, 0.5) is 0 Å². The number of ketones is 1. The smallest absolute Gasteiger partial charge is 0.138 e. The first-order chi connectivity index (χ1) is 4.18. The molecule has 1 saturated carbocycles. The number of aliphatic hydroxyl groups excluding tert-OH is 2. The zero-order valence-electron chi connectivity index (χ0n) is 5.08. The van der Waals surface area contributed by atoms with E-state index in [1.54, 1.807) is 0 Å². The second-order valence-electron chi connectivity index (χ2n) is 2.49. The van der Waals surface area contributed by atoms with Crippen LogP contribution in [-0.2, 0) is 4.79 Å². The molecule has 1 aliphatic carbocycles. The molecule has 0 unspecified atom stereocenters. The van der Waals surface area contributed by atoms with Crippen molar-refractivity contribution in [2.45, 2.75) is 31.5 Å². The molecule has 0 saturated heterocycles. The molecule has 0 spiro atoms. The molecule has 0 aromatic heterocycles. The van der Waals surface area contributed by atoms with Crippen molar-refractivity contribution < 1.29 is 15.0 Å². The van der Waals surface area contributed by atoms with E-state index in [0.717, 1.165) is 0 Å². The summed E-state index contributed by atoms with van der Waals surface area (Å²) in [5.41, 5.74) is 0. The molecule has 9 heavy (non-hydrogen) atoms. The molecule has 0 aromatic rings. The first-order valence-electron chi connectivity index (χ1n) is 3.06. The van der Waals surface area contributed by atoms with Crippen molar-refractivity contribution in [3.63, 3.8) is 0 Å². The van der Waals surface area contributed by atoms with E-state index in [1.165, 1.54) is 0 Å². The van der Waals surface area contributed by atoms with E-state index >= 15 is 0 Å². The van der Waals surface area contributed by atoms with Crippen molar-refractivity contribution in [3.8, 4) is 0 Å². The summed E-state index contributed by atoms with van der Waals surface area (Å²) in [5, 5.41) is 17.7. The highest BCUT2D eigenvalue weighted by Crippen LogP contribution is 2.14. The lowest BCUT2D eigenvalue weighted by atomic mass is 9.94. The van der Waals surface area contributed by atoms with Crippen LogP contribution in [0, 0.1) is 0 Å². The van der Waals surface area contributed by atoms with Gasteiger partial charge in [0.05, 0.1) is 12.2 Å². The van der Waals surface area contributed by atoms with Gasteiger partial charge in [0, 0.05) is 19.3 Å². The Morgan fingerprint density at radius 1 is 1.22 bits per heavy atom. The monoisotopic (exact) mass is 130 g/mol. The maximum absolute atomic E-state index is 10.6. The minimum atomic E-state index is -0.610. The minimum absolute atomic E-state index is 0.0405. The molecular formula is C6H10O3. The summed E-state index contributed by atoms with van der Waals surface area (Å²) in [5.74, 6) is -0.0405. The number of aliphatic hydroxyl groups is 2. The molecule has 2 atom stereocenters. The second kappa shape index (κ2) is 2.45. The van der Waals surface area contributed by atoms with Gasteiger partial charge in [-0.1, -0.05) is 0 Å². The summed E-state index contributed by atoms with van der Waals surface area (Å²) < 4.78 is 0. The summed E-state index contributed by atoms with van der Waals surface area (Å²) in [4.78, 5) is 10.6. The van der Waals surface area contributed by atoms with Gasteiger partial charge in [0.15, 0.2) is 0 Å². The van der Waals surface area contributed by atoms with Crippen molar-refractivity contribution >= 4 is 5.78 Å². The molecule has 1 rings (SSSR count). The highest BCUT2D eigenvalue weighted by molar-refractivity contribution is 5.80. The molecule has 3 heteroatoms. The summed E-state index contributed by atoms with van der Waals surface area (Å²) in [6.45, 7) is 0. The Labute approximate surface area is 53.3 Å². The lowest BCUT2D eigenvalue weighted by Gasteiger charge is -2.19. The van der Waals surface area contributed by atoms with Gasteiger partial charge < -0.3 is 10.2 Å². The molecule has 0 aromatic carbocycles. The largest absolute Gasteiger partial charge is 0.393 e. The highest BCUT2D eigenvalue weighted by Gasteiger charge is 2.23. The fraction of sp³-hybridized carbons (Fsp3) is 0.833. The third-order valence-corrected chi connectivity index (χ3v) is 1.47. The summed E-state index contributed by atoms with van der Waals surface area (Å²) in [6, 6.07) is 0. The van der Waals surface area contributed by atoms with E-state index in [0.29, 0.717) is 6.42 Å². The van der Waals surface area contributed by atoms with E-state index in [1.807, 2.05) is 0 Å². The molecule has 1 fully saturated rings. The molecule has 0 amide bonds. The van der Waals surface area contributed by atoms with Crippen molar-refractivity contribution in [3.05, 3.63) is 0 Å². The normalized spacial score (nSPS) is 36.9. The Bertz CT molecular complexity index is 109. The number of carbonyl (C=O) groups is 1. The number of hydrogen-bond donors (Lipinski definition) is 2. The summed E-state index contributed by atoms with van der Waals surface area (Å²) in [7, 11) is 0. The van der Waals surface area contributed by atoms with Crippen molar-refractivity contribution in [1.82, 2.24) is 0 Å². The van der Waals surface area contributed by atoms with Crippen LogP contribution in [0.5, 0.6) is 0 Å². The Hall–Kier alpha value is -0.410. The molecule has 0 aliphatic heterocycles. The second-order valence-corrected chi connectivity index (χ2v) is 2.49. The molecule has 0 heterocycles. The van der Waals surface area contributed by atoms with E-state index in [9.17, 15) is 4.79 Å². The average Bonchev–Trinajstić information content (AvgIpc) is 1.59.